The van der Waals surface area contributed by atoms with Crippen molar-refractivity contribution in [3.8, 4) is 0 Å². The van der Waals surface area contributed by atoms with E-state index in [0.29, 0.717) is 6.42 Å². The number of hydrogen-bond donors (Lipinski definition) is 1. The summed E-state index contributed by atoms with van der Waals surface area (Å²) in [7, 11) is 0. The van der Waals surface area contributed by atoms with Gasteiger partial charge < -0.3 is 14.6 Å². The predicted octanol–water partition coefficient (Wildman–Crippen LogP) is 2.94. The van der Waals surface area contributed by atoms with Crippen molar-refractivity contribution in [1.82, 2.24) is 0 Å². The van der Waals surface area contributed by atoms with E-state index in [2.05, 4.69) is 13.8 Å². The average Bonchev–Trinajstić information content (AvgIpc) is 2.53. The second kappa shape index (κ2) is 12.9. The lowest BCUT2D eigenvalue weighted by molar-refractivity contribution is -0.176. The summed E-state index contributed by atoms with van der Waals surface area (Å²) in [6.45, 7) is 5.55. The molecule has 0 aromatic carbocycles. The van der Waals surface area contributed by atoms with E-state index in [9.17, 15) is 19.5 Å². The van der Waals surface area contributed by atoms with Gasteiger partial charge in [-0.05, 0) is 19.8 Å². The monoisotopic (exact) mass is 344 g/mol. The first-order chi connectivity index (χ1) is 11.4. The molecule has 0 bridgehead atoms. The number of carbonyl (C=O) groups is 3. The molecule has 0 fully saturated rings. The molecule has 0 saturated carbocycles. The minimum absolute atomic E-state index is 0.125. The van der Waals surface area contributed by atoms with Crippen molar-refractivity contribution in [1.29, 1.82) is 0 Å². The summed E-state index contributed by atoms with van der Waals surface area (Å²) in [5, 5.41) is 10.2. The van der Waals surface area contributed by atoms with Crippen LogP contribution in [0.5, 0.6) is 0 Å². The second-order valence-corrected chi connectivity index (χ2v) is 6.07. The molecule has 1 unspecified atom stereocenters. The summed E-state index contributed by atoms with van der Waals surface area (Å²) in [5.74, 6) is -2.66. The molecule has 0 aromatic rings. The summed E-state index contributed by atoms with van der Waals surface area (Å²) < 4.78 is 9.94. The van der Waals surface area contributed by atoms with Gasteiger partial charge in [-0.25, -0.2) is 4.79 Å². The summed E-state index contributed by atoms with van der Waals surface area (Å²) in [6, 6.07) is 0. The lowest BCUT2D eigenvalue weighted by atomic mass is 9.95. The molecule has 0 radical (unpaired) electrons. The zero-order chi connectivity index (χ0) is 18.4. The Morgan fingerprint density at radius 2 is 1.33 bits per heavy atom. The molecule has 1 atom stereocenters. The minimum atomic E-state index is -2.45. The molecule has 140 valence electrons. The number of ether oxygens (including phenoxy) is 2. The number of ketones is 1. The van der Waals surface area contributed by atoms with E-state index in [4.69, 9.17) is 9.47 Å². The highest BCUT2D eigenvalue weighted by Gasteiger charge is 2.45. The molecule has 6 nitrogen and oxygen atoms in total. The third kappa shape index (κ3) is 9.01. The van der Waals surface area contributed by atoms with Crippen LogP contribution in [0.1, 0.15) is 78.6 Å². The molecule has 0 spiro atoms. The van der Waals surface area contributed by atoms with Crippen LogP contribution in [0.2, 0.25) is 0 Å². The third-order valence-corrected chi connectivity index (χ3v) is 3.81. The molecular formula is C18H32O6. The van der Waals surface area contributed by atoms with E-state index in [-0.39, 0.29) is 13.2 Å². The SMILES string of the molecule is CCCCCCOC(=O)CC(O)(C(C)=O)C(=O)OCCCCCC. The van der Waals surface area contributed by atoms with Crippen LogP contribution >= 0.6 is 0 Å². The van der Waals surface area contributed by atoms with Gasteiger partial charge in [0.1, 0.15) is 0 Å². The van der Waals surface area contributed by atoms with E-state index in [1.807, 2.05) is 0 Å². The van der Waals surface area contributed by atoms with Gasteiger partial charge in [0.05, 0.1) is 19.6 Å². The topological polar surface area (TPSA) is 89.9 Å². The Morgan fingerprint density at radius 1 is 0.833 bits per heavy atom. The second-order valence-electron chi connectivity index (χ2n) is 6.07. The number of carbonyl (C=O) groups excluding carboxylic acids is 3. The summed E-state index contributed by atoms with van der Waals surface area (Å²) in [5.41, 5.74) is -2.45. The lowest BCUT2D eigenvalue weighted by Crippen LogP contribution is -2.48. The van der Waals surface area contributed by atoms with Crippen LogP contribution in [0.4, 0.5) is 0 Å². The Bertz CT molecular complexity index is 393. The molecule has 0 saturated heterocycles. The van der Waals surface area contributed by atoms with Crippen LogP contribution in [-0.2, 0) is 23.9 Å². The molecule has 0 heterocycles. The van der Waals surface area contributed by atoms with Crippen LogP contribution < -0.4 is 0 Å². The van der Waals surface area contributed by atoms with Gasteiger partial charge in [-0.1, -0.05) is 52.4 Å². The maximum Gasteiger partial charge on any atom is 0.346 e. The van der Waals surface area contributed by atoms with Gasteiger partial charge in [0.25, 0.3) is 0 Å². The van der Waals surface area contributed by atoms with Gasteiger partial charge in [0.2, 0.25) is 5.60 Å². The summed E-state index contributed by atoms with van der Waals surface area (Å²) in [4.78, 5) is 35.4. The molecule has 0 rings (SSSR count). The quantitative estimate of drug-likeness (QED) is 0.296. The first kappa shape index (κ1) is 22.6. The highest BCUT2D eigenvalue weighted by Crippen LogP contribution is 2.16. The van der Waals surface area contributed by atoms with Gasteiger partial charge in [-0.15, -0.1) is 0 Å². The number of aliphatic hydroxyl groups is 1. The molecule has 1 N–H and O–H groups in total. The maximum atomic E-state index is 12.0. The molecule has 0 aliphatic heterocycles. The van der Waals surface area contributed by atoms with Crippen LogP contribution in [0.3, 0.4) is 0 Å². The fraction of sp³-hybridized carbons (Fsp3) is 0.833. The Kier molecular flexibility index (Phi) is 12.2. The van der Waals surface area contributed by atoms with Crippen molar-refractivity contribution in [3.63, 3.8) is 0 Å². The molecule has 0 amide bonds. The van der Waals surface area contributed by atoms with Crippen molar-refractivity contribution >= 4 is 17.7 Å². The van der Waals surface area contributed by atoms with Crippen LogP contribution in [0.15, 0.2) is 0 Å². The zero-order valence-electron chi connectivity index (χ0n) is 15.3. The first-order valence-corrected chi connectivity index (χ1v) is 8.94. The number of unbranched alkanes of at least 4 members (excludes halogenated alkanes) is 6. The Balaban J connectivity index is 4.34. The van der Waals surface area contributed by atoms with Crippen molar-refractivity contribution < 1.29 is 29.0 Å². The minimum Gasteiger partial charge on any atom is -0.466 e. The molecule has 0 aliphatic carbocycles. The van der Waals surface area contributed by atoms with E-state index in [0.717, 1.165) is 51.9 Å². The number of rotatable bonds is 14. The Labute approximate surface area is 144 Å². The van der Waals surface area contributed by atoms with Crippen molar-refractivity contribution in [3.05, 3.63) is 0 Å². The van der Waals surface area contributed by atoms with Gasteiger partial charge in [0, 0.05) is 0 Å². The molecule has 24 heavy (non-hydrogen) atoms. The van der Waals surface area contributed by atoms with Crippen LogP contribution in [0.25, 0.3) is 0 Å². The van der Waals surface area contributed by atoms with Crippen LogP contribution in [-0.4, -0.2) is 41.6 Å². The first-order valence-electron chi connectivity index (χ1n) is 8.94. The number of esters is 2. The molecule has 6 heteroatoms. The van der Waals surface area contributed by atoms with Crippen molar-refractivity contribution in [2.75, 3.05) is 13.2 Å². The van der Waals surface area contributed by atoms with Gasteiger partial charge in [-0.2, -0.15) is 0 Å². The smallest absolute Gasteiger partial charge is 0.346 e. The maximum absolute atomic E-state index is 12.0. The molecular weight excluding hydrogens is 312 g/mol. The lowest BCUT2D eigenvalue weighted by Gasteiger charge is -2.22. The highest BCUT2D eigenvalue weighted by atomic mass is 16.6. The standard InChI is InChI=1S/C18H32O6/c1-4-6-8-10-12-23-16(20)14-18(22,15(3)19)17(21)24-13-11-9-7-5-2/h22H,4-14H2,1-3H3. The van der Waals surface area contributed by atoms with Gasteiger partial charge >= 0.3 is 11.9 Å². The zero-order valence-corrected chi connectivity index (χ0v) is 15.3. The number of hydrogen-bond acceptors (Lipinski definition) is 6. The Morgan fingerprint density at radius 3 is 1.79 bits per heavy atom. The fourth-order valence-electron chi connectivity index (χ4n) is 2.13. The highest BCUT2D eigenvalue weighted by molar-refractivity contribution is 6.08. The largest absolute Gasteiger partial charge is 0.466 e. The van der Waals surface area contributed by atoms with E-state index < -0.39 is 29.7 Å². The normalized spacial score (nSPS) is 13.2. The number of Topliss-reactive ketones (excluding diaryl/α,β-unsaturated/α-hetero) is 1. The fourth-order valence-corrected chi connectivity index (χ4v) is 2.13. The van der Waals surface area contributed by atoms with Crippen LogP contribution in [0, 0.1) is 0 Å². The van der Waals surface area contributed by atoms with E-state index in [1.54, 1.807) is 0 Å². The van der Waals surface area contributed by atoms with Crippen molar-refractivity contribution in [2.24, 2.45) is 0 Å². The third-order valence-electron chi connectivity index (χ3n) is 3.81. The van der Waals surface area contributed by atoms with E-state index in [1.165, 1.54) is 0 Å². The summed E-state index contributed by atoms with van der Waals surface area (Å²) in [6.07, 6.45) is 6.73. The van der Waals surface area contributed by atoms with Gasteiger partial charge in [-0.3, -0.25) is 9.59 Å². The molecule has 0 aliphatic rings. The van der Waals surface area contributed by atoms with Gasteiger partial charge in [0.15, 0.2) is 5.78 Å². The molecule has 0 aromatic heterocycles. The van der Waals surface area contributed by atoms with Crippen molar-refractivity contribution in [2.45, 2.75) is 84.2 Å². The predicted molar refractivity (Wildman–Crippen MR) is 90.4 cm³/mol. The Hall–Kier alpha value is -1.43. The summed E-state index contributed by atoms with van der Waals surface area (Å²) >= 11 is 0. The average molecular weight is 344 g/mol. The van der Waals surface area contributed by atoms with E-state index >= 15 is 0 Å².